The van der Waals surface area contributed by atoms with Crippen molar-refractivity contribution in [2.75, 3.05) is 0 Å². The molecule has 0 spiro atoms. The van der Waals surface area contributed by atoms with Gasteiger partial charge in [-0.1, -0.05) is 31.2 Å². The number of carboxylic acids is 1. The van der Waals surface area contributed by atoms with Crippen molar-refractivity contribution in [3.05, 3.63) is 58.7 Å². The molecular formula is C16H14O2. The van der Waals surface area contributed by atoms with Crippen molar-refractivity contribution in [2.24, 2.45) is 0 Å². The van der Waals surface area contributed by atoms with Crippen molar-refractivity contribution in [1.29, 1.82) is 0 Å². The highest BCUT2D eigenvalue weighted by molar-refractivity contribution is 5.91. The molecule has 0 atom stereocenters. The minimum absolute atomic E-state index is 0.364. The Balaban J connectivity index is 2.20. The summed E-state index contributed by atoms with van der Waals surface area (Å²) < 4.78 is 0. The van der Waals surface area contributed by atoms with Gasteiger partial charge in [-0.2, -0.15) is 0 Å². The first-order valence-corrected chi connectivity index (χ1v) is 6.18. The molecule has 0 saturated carbocycles. The van der Waals surface area contributed by atoms with Crippen LogP contribution in [0.15, 0.2) is 36.4 Å². The normalized spacial score (nSPS) is 12.1. The fourth-order valence-corrected chi connectivity index (χ4v) is 2.73. The van der Waals surface area contributed by atoms with E-state index in [1.165, 1.54) is 22.3 Å². The van der Waals surface area contributed by atoms with E-state index in [1.54, 1.807) is 12.1 Å². The van der Waals surface area contributed by atoms with Crippen LogP contribution in [0.3, 0.4) is 0 Å². The molecule has 0 aliphatic heterocycles. The van der Waals surface area contributed by atoms with Gasteiger partial charge in [0.05, 0.1) is 5.56 Å². The topological polar surface area (TPSA) is 37.3 Å². The van der Waals surface area contributed by atoms with E-state index in [2.05, 4.69) is 25.1 Å². The Hall–Kier alpha value is -2.09. The van der Waals surface area contributed by atoms with Crippen molar-refractivity contribution in [3.63, 3.8) is 0 Å². The van der Waals surface area contributed by atoms with Crippen molar-refractivity contribution >= 4 is 5.97 Å². The van der Waals surface area contributed by atoms with Gasteiger partial charge in [-0.05, 0) is 52.8 Å². The zero-order valence-electron chi connectivity index (χ0n) is 10.2. The molecule has 0 aromatic heterocycles. The molecule has 1 aliphatic carbocycles. The van der Waals surface area contributed by atoms with Crippen LogP contribution in [0.25, 0.3) is 11.1 Å². The number of carboxylic acid groups (broad SMARTS) is 1. The van der Waals surface area contributed by atoms with Crippen LogP contribution >= 0.6 is 0 Å². The zero-order chi connectivity index (χ0) is 12.7. The Morgan fingerprint density at radius 2 is 2.06 bits per heavy atom. The van der Waals surface area contributed by atoms with Crippen LogP contribution < -0.4 is 0 Å². The average molecular weight is 238 g/mol. The second kappa shape index (κ2) is 3.98. The van der Waals surface area contributed by atoms with Gasteiger partial charge in [-0.15, -0.1) is 0 Å². The summed E-state index contributed by atoms with van der Waals surface area (Å²) in [5.41, 5.74) is 6.60. The summed E-state index contributed by atoms with van der Waals surface area (Å²) in [6.45, 7) is 2.15. The lowest BCUT2D eigenvalue weighted by Crippen LogP contribution is -1.96. The molecule has 1 aliphatic rings. The van der Waals surface area contributed by atoms with Gasteiger partial charge in [-0.25, -0.2) is 4.79 Å². The van der Waals surface area contributed by atoms with Crippen LogP contribution in [0.5, 0.6) is 0 Å². The quantitative estimate of drug-likeness (QED) is 0.741. The number of hydrogen-bond donors (Lipinski definition) is 1. The summed E-state index contributed by atoms with van der Waals surface area (Å²) in [6.07, 6.45) is 1.94. The van der Waals surface area contributed by atoms with Crippen LogP contribution in [0.2, 0.25) is 0 Å². The number of benzene rings is 2. The molecule has 2 aromatic carbocycles. The van der Waals surface area contributed by atoms with E-state index < -0.39 is 5.97 Å². The molecule has 90 valence electrons. The van der Waals surface area contributed by atoms with Crippen molar-refractivity contribution in [2.45, 2.75) is 19.8 Å². The highest BCUT2D eigenvalue weighted by Gasteiger charge is 2.21. The fraction of sp³-hybridized carbons (Fsp3) is 0.188. The molecule has 0 heterocycles. The first kappa shape index (κ1) is 11.0. The summed E-state index contributed by atoms with van der Waals surface area (Å²) in [5.74, 6) is -0.863. The second-order valence-corrected chi connectivity index (χ2v) is 4.65. The van der Waals surface area contributed by atoms with Crippen molar-refractivity contribution < 1.29 is 9.90 Å². The Morgan fingerprint density at radius 3 is 2.78 bits per heavy atom. The van der Waals surface area contributed by atoms with E-state index in [0.717, 1.165) is 18.4 Å². The third-order valence-electron chi connectivity index (χ3n) is 3.67. The number of aromatic carboxylic acids is 1. The molecule has 0 radical (unpaired) electrons. The predicted octanol–water partition coefficient (Wildman–Crippen LogP) is 3.52. The van der Waals surface area contributed by atoms with Gasteiger partial charge in [0, 0.05) is 0 Å². The molecule has 0 saturated heterocycles. The van der Waals surface area contributed by atoms with Gasteiger partial charge in [-0.3, -0.25) is 0 Å². The molecule has 0 unspecified atom stereocenters. The van der Waals surface area contributed by atoms with Gasteiger partial charge in [0.1, 0.15) is 0 Å². The van der Waals surface area contributed by atoms with Crippen LogP contribution in [0.4, 0.5) is 0 Å². The number of hydrogen-bond acceptors (Lipinski definition) is 1. The van der Waals surface area contributed by atoms with E-state index in [4.69, 9.17) is 5.11 Å². The molecule has 18 heavy (non-hydrogen) atoms. The SMILES string of the molecule is CCc1cccc2c1Cc1ccc(C(=O)O)cc1-2. The minimum atomic E-state index is -0.863. The van der Waals surface area contributed by atoms with E-state index in [1.807, 2.05) is 6.07 Å². The maximum absolute atomic E-state index is 11.0. The lowest BCUT2D eigenvalue weighted by atomic mass is 9.99. The molecule has 3 rings (SSSR count). The summed E-state index contributed by atoms with van der Waals surface area (Å²) in [6, 6.07) is 11.7. The molecule has 2 heteroatoms. The Labute approximate surface area is 106 Å². The highest BCUT2D eigenvalue weighted by Crippen LogP contribution is 2.38. The molecule has 0 amide bonds. The number of carbonyl (C=O) groups is 1. The van der Waals surface area contributed by atoms with Gasteiger partial charge < -0.3 is 5.11 Å². The van der Waals surface area contributed by atoms with E-state index in [-0.39, 0.29) is 0 Å². The molecular weight excluding hydrogens is 224 g/mol. The molecule has 2 aromatic rings. The number of aryl methyl sites for hydroxylation is 1. The Bertz CT molecular complexity index is 642. The third kappa shape index (κ3) is 1.53. The van der Waals surface area contributed by atoms with Crippen LogP contribution in [0, 0.1) is 0 Å². The largest absolute Gasteiger partial charge is 0.478 e. The molecule has 0 bridgehead atoms. The third-order valence-corrected chi connectivity index (χ3v) is 3.67. The van der Waals surface area contributed by atoms with Crippen molar-refractivity contribution in [3.8, 4) is 11.1 Å². The van der Waals surface area contributed by atoms with Crippen LogP contribution in [-0.2, 0) is 12.8 Å². The van der Waals surface area contributed by atoms with Gasteiger partial charge >= 0.3 is 5.97 Å². The summed E-state index contributed by atoms with van der Waals surface area (Å²) >= 11 is 0. The van der Waals surface area contributed by atoms with Gasteiger partial charge in [0.2, 0.25) is 0 Å². The van der Waals surface area contributed by atoms with E-state index >= 15 is 0 Å². The van der Waals surface area contributed by atoms with Crippen LogP contribution in [0.1, 0.15) is 34.0 Å². The van der Waals surface area contributed by atoms with Gasteiger partial charge in [0.25, 0.3) is 0 Å². The monoisotopic (exact) mass is 238 g/mol. The van der Waals surface area contributed by atoms with E-state index in [0.29, 0.717) is 5.56 Å². The molecule has 0 fully saturated rings. The summed E-state index contributed by atoms with van der Waals surface area (Å²) in [7, 11) is 0. The maximum atomic E-state index is 11.0. The summed E-state index contributed by atoms with van der Waals surface area (Å²) in [5, 5.41) is 9.06. The Morgan fingerprint density at radius 1 is 1.22 bits per heavy atom. The van der Waals surface area contributed by atoms with Crippen molar-refractivity contribution in [1.82, 2.24) is 0 Å². The lowest BCUT2D eigenvalue weighted by molar-refractivity contribution is 0.0697. The Kier molecular flexibility index (Phi) is 2.44. The average Bonchev–Trinajstić information content (AvgIpc) is 2.76. The molecule has 1 N–H and O–H groups in total. The fourth-order valence-electron chi connectivity index (χ4n) is 2.73. The maximum Gasteiger partial charge on any atom is 0.335 e. The summed E-state index contributed by atoms with van der Waals surface area (Å²) in [4.78, 5) is 11.0. The van der Waals surface area contributed by atoms with Gasteiger partial charge in [0.15, 0.2) is 0 Å². The first-order valence-electron chi connectivity index (χ1n) is 6.18. The van der Waals surface area contributed by atoms with E-state index in [9.17, 15) is 4.79 Å². The standard InChI is InChI=1S/C16H14O2/c1-2-10-4-3-5-13-14(10)8-11-6-7-12(16(17)18)9-15(11)13/h3-7,9H,2,8H2,1H3,(H,17,18). The zero-order valence-corrected chi connectivity index (χ0v) is 10.2. The second-order valence-electron chi connectivity index (χ2n) is 4.65. The predicted molar refractivity (Wildman–Crippen MR) is 71.0 cm³/mol. The molecule has 2 nitrogen and oxygen atoms in total. The lowest BCUT2D eigenvalue weighted by Gasteiger charge is -2.05. The minimum Gasteiger partial charge on any atom is -0.478 e. The number of rotatable bonds is 2. The number of fused-ring (bicyclic) bond motifs is 3. The smallest absolute Gasteiger partial charge is 0.335 e. The highest BCUT2D eigenvalue weighted by atomic mass is 16.4. The van der Waals surface area contributed by atoms with Crippen LogP contribution in [-0.4, -0.2) is 11.1 Å². The first-order chi connectivity index (χ1) is 8.70.